The van der Waals surface area contributed by atoms with Gasteiger partial charge in [-0.05, 0) is 31.2 Å². The molecular weight excluding hydrogens is 356 g/mol. The van der Waals surface area contributed by atoms with Crippen molar-refractivity contribution in [3.05, 3.63) is 53.8 Å². The summed E-state index contributed by atoms with van der Waals surface area (Å²) in [4.78, 5) is 30.9. The fraction of sp³-hybridized carbons (Fsp3) is 0.286. The molecule has 1 saturated heterocycles. The van der Waals surface area contributed by atoms with E-state index in [0.717, 1.165) is 16.7 Å². The largest absolute Gasteiger partial charge is 0.460 e. The average Bonchev–Trinajstić information content (AvgIpc) is 3.14. The first-order chi connectivity index (χ1) is 13.5. The van der Waals surface area contributed by atoms with Crippen molar-refractivity contribution >= 4 is 22.7 Å². The number of piperazine rings is 1. The average molecular weight is 378 g/mol. The molecule has 1 N–H and O–H groups in total. The quantitative estimate of drug-likeness (QED) is 0.758. The first-order valence-electron chi connectivity index (χ1n) is 9.29. The van der Waals surface area contributed by atoms with E-state index in [2.05, 4.69) is 10.4 Å². The molecule has 1 fully saturated rings. The second kappa shape index (κ2) is 7.44. The third-order valence-electron chi connectivity index (χ3n) is 4.94. The molecule has 1 aliphatic rings. The second-order valence-corrected chi connectivity index (χ2v) is 6.92. The van der Waals surface area contributed by atoms with E-state index in [1.54, 1.807) is 17.9 Å². The first-order valence-corrected chi connectivity index (χ1v) is 9.29. The van der Waals surface area contributed by atoms with Crippen LogP contribution in [0.1, 0.15) is 23.0 Å². The summed E-state index contributed by atoms with van der Waals surface area (Å²) < 4.78 is 5.70. The number of nitrogens with zero attached hydrogens (tertiary/aromatic N) is 3. The summed E-state index contributed by atoms with van der Waals surface area (Å²) in [6, 6.07) is 13.1. The monoisotopic (exact) mass is 378 g/mol. The normalized spacial score (nSPS) is 15.0. The molecule has 7 nitrogen and oxygen atoms in total. The highest BCUT2D eigenvalue weighted by Crippen LogP contribution is 2.26. The number of fused-ring (bicyclic) bond motifs is 1. The zero-order valence-corrected chi connectivity index (χ0v) is 15.9. The first kappa shape index (κ1) is 18.2. The smallest absolute Gasteiger partial charge is 0.266 e. The summed E-state index contributed by atoms with van der Waals surface area (Å²) in [7, 11) is 0. The molecule has 0 unspecified atom stereocenters. The van der Waals surface area contributed by atoms with Crippen LogP contribution < -0.4 is 5.43 Å². The van der Waals surface area contributed by atoms with Crippen molar-refractivity contribution in [3.8, 4) is 11.5 Å². The fourth-order valence-electron chi connectivity index (χ4n) is 3.40. The van der Waals surface area contributed by atoms with Gasteiger partial charge in [0.15, 0.2) is 5.76 Å². The standard InChI is InChI=1S/C21H22N4O3/c1-14-7-8-20(28-14)19-13-17(16-5-3-4-6-18(16)22-19)21(27)23-25-11-9-24(10-12-25)15(2)26/h3-8,13H,9-12H2,1-2H3,(H,23,27). The minimum atomic E-state index is -0.195. The predicted molar refractivity (Wildman–Crippen MR) is 105 cm³/mol. The van der Waals surface area contributed by atoms with Crippen LogP contribution in [-0.2, 0) is 4.79 Å². The van der Waals surface area contributed by atoms with Gasteiger partial charge in [-0.15, -0.1) is 0 Å². The molecule has 3 heterocycles. The molecule has 4 rings (SSSR count). The van der Waals surface area contributed by atoms with Gasteiger partial charge in [0.25, 0.3) is 5.91 Å². The van der Waals surface area contributed by atoms with Crippen LogP contribution in [0.2, 0.25) is 0 Å². The number of hydrogen-bond acceptors (Lipinski definition) is 5. The zero-order chi connectivity index (χ0) is 19.7. The minimum Gasteiger partial charge on any atom is -0.460 e. The number of aromatic nitrogens is 1. The van der Waals surface area contributed by atoms with E-state index in [0.29, 0.717) is 43.2 Å². The molecule has 0 radical (unpaired) electrons. The SMILES string of the molecule is CC(=O)N1CCN(NC(=O)c2cc(-c3ccc(C)o3)nc3ccccc23)CC1. The molecule has 7 heteroatoms. The maximum atomic E-state index is 13.0. The Morgan fingerprint density at radius 2 is 1.82 bits per heavy atom. The van der Waals surface area contributed by atoms with Crippen LogP contribution in [0.25, 0.3) is 22.4 Å². The Morgan fingerprint density at radius 1 is 1.07 bits per heavy atom. The van der Waals surface area contributed by atoms with E-state index >= 15 is 0 Å². The second-order valence-electron chi connectivity index (χ2n) is 6.92. The molecule has 0 atom stereocenters. The lowest BCUT2D eigenvalue weighted by Crippen LogP contribution is -2.54. The lowest BCUT2D eigenvalue weighted by Gasteiger charge is -2.34. The van der Waals surface area contributed by atoms with Crippen LogP contribution in [-0.4, -0.2) is 52.9 Å². The number of pyridine rings is 1. The van der Waals surface area contributed by atoms with Gasteiger partial charge >= 0.3 is 0 Å². The van der Waals surface area contributed by atoms with E-state index in [-0.39, 0.29) is 11.8 Å². The van der Waals surface area contributed by atoms with Crippen molar-refractivity contribution in [3.63, 3.8) is 0 Å². The number of hydrogen-bond donors (Lipinski definition) is 1. The highest BCUT2D eigenvalue weighted by Gasteiger charge is 2.22. The lowest BCUT2D eigenvalue weighted by atomic mass is 10.1. The van der Waals surface area contributed by atoms with Gasteiger partial charge in [0.1, 0.15) is 11.5 Å². The van der Waals surface area contributed by atoms with Crippen LogP contribution >= 0.6 is 0 Å². The van der Waals surface area contributed by atoms with E-state index in [1.165, 1.54) is 0 Å². The molecule has 0 aliphatic carbocycles. The molecule has 0 spiro atoms. The Hall–Kier alpha value is -3.19. The summed E-state index contributed by atoms with van der Waals surface area (Å²) >= 11 is 0. The maximum Gasteiger partial charge on any atom is 0.266 e. The molecule has 3 aromatic rings. The number of benzene rings is 1. The lowest BCUT2D eigenvalue weighted by molar-refractivity contribution is -0.130. The van der Waals surface area contributed by atoms with Crippen molar-refractivity contribution in [1.29, 1.82) is 0 Å². The number of rotatable bonds is 3. The van der Waals surface area contributed by atoms with E-state index < -0.39 is 0 Å². The van der Waals surface area contributed by atoms with Gasteiger partial charge in [-0.3, -0.25) is 15.0 Å². The van der Waals surface area contributed by atoms with Crippen LogP contribution in [0.3, 0.4) is 0 Å². The Kier molecular flexibility index (Phi) is 4.83. The number of hydrazine groups is 1. The zero-order valence-electron chi connectivity index (χ0n) is 15.9. The third-order valence-corrected chi connectivity index (χ3v) is 4.94. The number of amides is 2. The van der Waals surface area contributed by atoms with Gasteiger partial charge in [-0.25, -0.2) is 9.99 Å². The predicted octanol–water partition coefficient (Wildman–Crippen LogP) is 2.61. The van der Waals surface area contributed by atoms with E-state index in [4.69, 9.17) is 4.42 Å². The Labute approximate surface area is 162 Å². The number of carbonyl (C=O) groups excluding carboxylic acids is 2. The van der Waals surface area contributed by atoms with Crippen LogP contribution in [0, 0.1) is 6.92 Å². The van der Waals surface area contributed by atoms with Crippen molar-refractivity contribution < 1.29 is 14.0 Å². The topological polar surface area (TPSA) is 78.7 Å². The number of furan rings is 1. The van der Waals surface area contributed by atoms with Gasteiger partial charge in [-0.2, -0.15) is 0 Å². The third kappa shape index (κ3) is 3.61. The molecular formula is C21H22N4O3. The molecule has 1 aromatic carbocycles. The number of para-hydroxylation sites is 1. The highest BCUT2D eigenvalue weighted by molar-refractivity contribution is 6.06. The van der Waals surface area contributed by atoms with Crippen molar-refractivity contribution in [2.45, 2.75) is 13.8 Å². The van der Waals surface area contributed by atoms with Crippen LogP contribution in [0.5, 0.6) is 0 Å². The van der Waals surface area contributed by atoms with Gasteiger partial charge in [0, 0.05) is 38.5 Å². The van der Waals surface area contributed by atoms with Crippen LogP contribution in [0.4, 0.5) is 0 Å². The van der Waals surface area contributed by atoms with Gasteiger partial charge in [0.05, 0.1) is 11.1 Å². The van der Waals surface area contributed by atoms with Crippen molar-refractivity contribution in [2.24, 2.45) is 0 Å². The summed E-state index contributed by atoms with van der Waals surface area (Å²) in [6.07, 6.45) is 0. The Bertz CT molecular complexity index is 1040. The molecule has 2 amide bonds. The molecule has 0 bridgehead atoms. The van der Waals surface area contributed by atoms with Gasteiger partial charge in [-0.1, -0.05) is 18.2 Å². The maximum absolute atomic E-state index is 13.0. The molecule has 28 heavy (non-hydrogen) atoms. The molecule has 2 aromatic heterocycles. The molecule has 0 saturated carbocycles. The summed E-state index contributed by atoms with van der Waals surface area (Å²) in [6.45, 7) is 5.83. The van der Waals surface area contributed by atoms with Gasteiger partial charge < -0.3 is 9.32 Å². The number of nitrogens with one attached hydrogen (secondary N) is 1. The van der Waals surface area contributed by atoms with Crippen molar-refractivity contribution in [1.82, 2.24) is 20.3 Å². The number of aryl methyl sites for hydroxylation is 1. The molecule has 144 valence electrons. The summed E-state index contributed by atoms with van der Waals surface area (Å²) in [5.41, 5.74) is 4.87. The van der Waals surface area contributed by atoms with Crippen LogP contribution in [0.15, 0.2) is 46.9 Å². The van der Waals surface area contributed by atoms with Gasteiger partial charge in [0.2, 0.25) is 5.91 Å². The van der Waals surface area contributed by atoms with E-state index in [1.807, 2.05) is 48.3 Å². The molecule has 1 aliphatic heterocycles. The summed E-state index contributed by atoms with van der Waals surface area (Å²) in [5, 5.41) is 2.64. The Morgan fingerprint density at radius 3 is 2.50 bits per heavy atom. The fourth-order valence-corrected chi connectivity index (χ4v) is 3.40. The summed E-state index contributed by atoms with van der Waals surface area (Å²) in [5.74, 6) is 1.29. The minimum absolute atomic E-state index is 0.0597. The Balaban J connectivity index is 1.62. The number of carbonyl (C=O) groups is 2. The highest BCUT2D eigenvalue weighted by atomic mass is 16.3. The van der Waals surface area contributed by atoms with Crippen molar-refractivity contribution in [2.75, 3.05) is 26.2 Å². The van der Waals surface area contributed by atoms with E-state index in [9.17, 15) is 9.59 Å².